The van der Waals surface area contributed by atoms with Crippen LogP contribution in [0.1, 0.15) is 22.0 Å². The van der Waals surface area contributed by atoms with Gasteiger partial charge in [-0.15, -0.1) is 0 Å². The number of carbonyl (C=O) groups excluding carboxylic acids is 2. The fraction of sp³-hybridized carbons (Fsp3) is 0.267. The maximum atomic E-state index is 12.5. The Morgan fingerprint density at radius 2 is 2.26 bits per heavy atom. The third kappa shape index (κ3) is 2.98. The number of carbonyl (C=O) groups is 2. The predicted octanol–water partition coefficient (Wildman–Crippen LogP) is 2.60. The second kappa shape index (κ2) is 6.33. The van der Waals surface area contributed by atoms with E-state index in [1.165, 1.54) is 0 Å². The van der Waals surface area contributed by atoms with Gasteiger partial charge in [-0.25, -0.2) is 4.98 Å². The summed E-state index contributed by atoms with van der Waals surface area (Å²) in [4.78, 5) is 29.4. The van der Waals surface area contributed by atoms with Crippen molar-refractivity contribution in [2.24, 2.45) is 7.05 Å². The molecular weight excluding hydrogens is 384 g/mol. The van der Waals surface area contributed by atoms with Gasteiger partial charge in [0.15, 0.2) is 5.82 Å². The number of amides is 2. The topological polar surface area (TPSA) is 67.2 Å². The molecule has 1 N–H and O–H groups in total. The monoisotopic (exact) mass is 396 g/mol. The highest BCUT2D eigenvalue weighted by atomic mass is 79.9. The van der Waals surface area contributed by atoms with E-state index in [4.69, 9.17) is 11.6 Å². The molecule has 0 radical (unpaired) electrons. The average molecular weight is 398 g/mol. The number of anilines is 1. The first kappa shape index (κ1) is 16.0. The van der Waals surface area contributed by atoms with Crippen molar-refractivity contribution < 1.29 is 9.59 Å². The van der Waals surface area contributed by atoms with Gasteiger partial charge in [0.05, 0.1) is 22.9 Å². The smallest absolute Gasteiger partial charge is 0.291 e. The second-order valence-corrected chi connectivity index (χ2v) is 6.50. The molecule has 0 fully saturated rings. The van der Waals surface area contributed by atoms with E-state index in [0.29, 0.717) is 40.5 Å². The van der Waals surface area contributed by atoms with Gasteiger partial charge < -0.3 is 14.8 Å². The van der Waals surface area contributed by atoms with Crippen LogP contribution < -0.4 is 5.32 Å². The standard InChI is InChI=1S/C15H14BrClN4O2/c1-20-12-5-6-21(8-22)7-11(12)18-14(20)15(23)19-10-4-2-3-9(16)13(10)17/h2-4,8H,5-7H2,1H3,(H,19,23). The van der Waals surface area contributed by atoms with Gasteiger partial charge in [0.1, 0.15) is 0 Å². The largest absolute Gasteiger partial charge is 0.339 e. The highest BCUT2D eigenvalue weighted by molar-refractivity contribution is 9.10. The normalized spacial score (nSPS) is 13.6. The fourth-order valence-electron chi connectivity index (χ4n) is 2.62. The van der Waals surface area contributed by atoms with E-state index in [-0.39, 0.29) is 5.91 Å². The third-order valence-corrected chi connectivity index (χ3v) is 5.13. The zero-order chi connectivity index (χ0) is 16.6. The van der Waals surface area contributed by atoms with E-state index in [9.17, 15) is 9.59 Å². The Hall–Kier alpha value is -1.86. The van der Waals surface area contributed by atoms with E-state index in [1.807, 2.05) is 0 Å². The van der Waals surface area contributed by atoms with Crippen LogP contribution in [0.2, 0.25) is 5.02 Å². The summed E-state index contributed by atoms with van der Waals surface area (Å²) in [6, 6.07) is 5.31. The maximum Gasteiger partial charge on any atom is 0.291 e. The summed E-state index contributed by atoms with van der Waals surface area (Å²) in [5.41, 5.74) is 2.26. The Morgan fingerprint density at radius 1 is 1.48 bits per heavy atom. The van der Waals surface area contributed by atoms with Crippen LogP contribution in [0.4, 0.5) is 5.69 Å². The summed E-state index contributed by atoms with van der Waals surface area (Å²) in [5.74, 6) is -0.0293. The summed E-state index contributed by atoms with van der Waals surface area (Å²) < 4.78 is 2.48. The van der Waals surface area contributed by atoms with Crippen LogP contribution >= 0.6 is 27.5 Å². The molecule has 0 spiro atoms. The van der Waals surface area contributed by atoms with Crippen LogP contribution in [-0.4, -0.2) is 33.3 Å². The van der Waals surface area contributed by atoms with E-state index < -0.39 is 0 Å². The van der Waals surface area contributed by atoms with E-state index >= 15 is 0 Å². The summed E-state index contributed by atoms with van der Waals surface area (Å²) in [6.45, 7) is 1.06. The molecule has 0 saturated carbocycles. The molecule has 3 rings (SSSR count). The van der Waals surface area contributed by atoms with Gasteiger partial charge >= 0.3 is 0 Å². The summed E-state index contributed by atoms with van der Waals surface area (Å²) in [7, 11) is 1.81. The van der Waals surface area contributed by atoms with Crippen LogP contribution in [0.15, 0.2) is 22.7 Å². The van der Waals surface area contributed by atoms with Gasteiger partial charge in [-0.2, -0.15) is 0 Å². The molecule has 0 unspecified atom stereocenters. The van der Waals surface area contributed by atoms with Crippen LogP contribution in [0, 0.1) is 0 Å². The number of benzene rings is 1. The maximum absolute atomic E-state index is 12.5. The molecule has 0 bridgehead atoms. The minimum absolute atomic E-state index is 0.304. The van der Waals surface area contributed by atoms with Gasteiger partial charge in [0, 0.05) is 30.2 Å². The van der Waals surface area contributed by atoms with Crippen molar-refractivity contribution >= 4 is 45.5 Å². The third-order valence-electron chi connectivity index (χ3n) is 3.84. The number of nitrogens with zero attached hydrogens (tertiary/aromatic N) is 3. The lowest BCUT2D eigenvalue weighted by Crippen LogP contribution is -2.29. The van der Waals surface area contributed by atoms with Crippen molar-refractivity contribution in [3.05, 3.63) is 44.9 Å². The highest BCUT2D eigenvalue weighted by Gasteiger charge is 2.25. The first-order chi connectivity index (χ1) is 11.0. The van der Waals surface area contributed by atoms with Crippen molar-refractivity contribution in [1.82, 2.24) is 14.5 Å². The lowest BCUT2D eigenvalue weighted by Gasteiger charge is -2.22. The number of rotatable bonds is 3. The van der Waals surface area contributed by atoms with Gasteiger partial charge in [-0.3, -0.25) is 9.59 Å². The van der Waals surface area contributed by atoms with Crippen molar-refractivity contribution in [3.63, 3.8) is 0 Å². The van der Waals surface area contributed by atoms with Gasteiger partial charge in [0.2, 0.25) is 6.41 Å². The molecule has 120 valence electrons. The molecule has 0 aliphatic carbocycles. The highest BCUT2D eigenvalue weighted by Crippen LogP contribution is 2.30. The summed E-state index contributed by atoms with van der Waals surface area (Å²) >= 11 is 9.49. The number of fused-ring (bicyclic) bond motifs is 1. The van der Waals surface area contributed by atoms with Crippen LogP contribution in [0.25, 0.3) is 0 Å². The average Bonchev–Trinajstić information content (AvgIpc) is 2.88. The molecule has 23 heavy (non-hydrogen) atoms. The van der Waals surface area contributed by atoms with E-state index in [0.717, 1.165) is 17.8 Å². The minimum Gasteiger partial charge on any atom is -0.339 e. The molecule has 0 atom stereocenters. The van der Waals surface area contributed by atoms with Crippen LogP contribution in [0.3, 0.4) is 0 Å². The molecule has 8 heteroatoms. The molecule has 2 heterocycles. The van der Waals surface area contributed by atoms with Crippen molar-refractivity contribution in [1.29, 1.82) is 0 Å². The minimum atomic E-state index is -0.334. The fourth-order valence-corrected chi connectivity index (χ4v) is 3.16. The number of aromatic nitrogens is 2. The molecule has 2 amide bonds. The summed E-state index contributed by atoms with van der Waals surface area (Å²) in [6.07, 6.45) is 1.49. The first-order valence-electron chi connectivity index (χ1n) is 7.00. The van der Waals surface area contributed by atoms with Gasteiger partial charge in [0.25, 0.3) is 5.91 Å². The molecule has 1 aromatic heterocycles. The second-order valence-electron chi connectivity index (χ2n) is 5.27. The van der Waals surface area contributed by atoms with Gasteiger partial charge in [-0.1, -0.05) is 17.7 Å². The van der Waals surface area contributed by atoms with E-state index in [1.54, 1.807) is 34.7 Å². The Bertz CT molecular complexity index is 790. The molecule has 2 aromatic rings. The zero-order valence-electron chi connectivity index (χ0n) is 12.3. The van der Waals surface area contributed by atoms with Crippen molar-refractivity contribution in [2.75, 3.05) is 11.9 Å². The predicted molar refractivity (Wildman–Crippen MR) is 90.5 cm³/mol. The Morgan fingerprint density at radius 3 is 3.00 bits per heavy atom. The lowest BCUT2D eigenvalue weighted by atomic mass is 10.1. The molecule has 6 nitrogen and oxygen atoms in total. The SMILES string of the molecule is Cn1c(C(=O)Nc2cccc(Br)c2Cl)nc2c1CCN(C=O)C2. The van der Waals surface area contributed by atoms with Crippen LogP contribution in [0.5, 0.6) is 0 Å². The lowest BCUT2D eigenvalue weighted by molar-refractivity contribution is -0.119. The molecule has 1 aliphatic heterocycles. The molecule has 1 aromatic carbocycles. The first-order valence-corrected chi connectivity index (χ1v) is 8.17. The number of halogens is 2. The Balaban J connectivity index is 1.87. The Labute approximate surface area is 146 Å². The van der Waals surface area contributed by atoms with Crippen molar-refractivity contribution in [2.45, 2.75) is 13.0 Å². The zero-order valence-corrected chi connectivity index (χ0v) is 14.7. The molecule has 1 aliphatic rings. The number of hydrogen-bond donors (Lipinski definition) is 1. The van der Waals surface area contributed by atoms with Gasteiger partial charge in [-0.05, 0) is 28.1 Å². The number of hydrogen-bond acceptors (Lipinski definition) is 3. The van der Waals surface area contributed by atoms with Crippen LogP contribution in [-0.2, 0) is 24.8 Å². The molecule has 0 saturated heterocycles. The molecular formula is C15H14BrClN4O2. The van der Waals surface area contributed by atoms with E-state index in [2.05, 4.69) is 26.2 Å². The quantitative estimate of drug-likeness (QED) is 0.810. The summed E-state index contributed by atoms with van der Waals surface area (Å²) in [5, 5.41) is 3.21. The van der Waals surface area contributed by atoms with Crippen molar-refractivity contribution in [3.8, 4) is 0 Å². The number of imidazole rings is 1. The Kier molecular flexibility index (Phi) is 4.41. The number of nitrogens with one attached hydrogen (secondary N) is 1.